The molecule has 0 aromatic heterocycles. The van der Waals surface area contributed by atoms with Crippen molar-refractivity contribution >= 4 is 18.3 Å². The molecule has 0 spiro atoms. The van der Waals surface area contributed by atoms with Crippen molar-refractivity contribution in [3.8, 4) is 0 Å². The maximum Gasteiger partial charge on any atom is 0.226 e. The minimum Gasteiger partial charge on any atom is -0.342 e. The number of carbonyl (C=O) groups excluding carboxylic acids is 1. The molecule has 1 aromatic carbocycles. The zero-order chi connectivity index (χ0) is 14.7. The Morgan fingerprint density at radius 1 is 1.23 bits per heavy atom. The molecule has 1 aromatic rings. The molecule has 0 saturated carbocycles. The van der Waals surface area contributed by atoms with Crippen molar-refractivity contribution in [2.75, 3.05) is 26.7 Å². The van der Waals surface area contributed by atoms with E-state index >= 15 is 0 Å². The van der Waals surface area contributed by atoms with E-state index in [0.29, 0.717) is 12.3 Å². The molecule has 1 saturated heterocycles. The van der Waals surface area contributed by atoms with Gasteiger partial charge in [-0.05, 0) is 68.3 Å². The van der Waals surface area contributed by atoms with E-state index in [-0.39, 0.29) is 12.4 Å². The lowest BCUT2D eigenvalue weighted by Gasteiger charge is -2.32. The second-order valence-electron chi connectivity index (χ2n) is 6.52. The summed E-state index contributed by atoms with van der Waals surface area (Å²) in [6, 6.07) is 6.63. The van der Waals surface area contributed by atoms with Gasteiger partial charge in [0.25, 0.3) is 0 Å². The molecule has 3 rings (SSSR count). The van der Waals surface area contributed by atoms with Crippen LogP contribution in [0, 0.1) is 5.92 Å². The number of aryl methyl sites for hydroxylation is 2. The van der Waals surface area contributed by atoms with Crippen molar-refractivity contribution in [2.45, 2.75) is 38.5 Å². The Bertz CT molecular complexity index is 510. The summed E-state index contributed by atoms with van der Waals surface area (Å²) in [4.78, 5) is 14.5. The number of halogens is 1. The van der Waals surface area contributed by atoms with Crippen LogP contribution in [-0.2, 0) is 24.1 Å². The second-order valence-corrected chi connectivity index (χ2v) is 6.52. The van der Waals surface area contributed by atoms with Gasteiger partial charge in [-0.2, -0.15) is 0 Å². The summed E-state index contributed by atoms with van der Waals surface area (Å²) in [5, 5.41) is 3.24. The van der Waals surface area contributed by atoms with Crippen LogP contribution in [0.5, 0.6) is 0 Å². The first-order valence-corrected chi connectivity index (χ1v) is 8.29. The normalized spacial score (nSPS) is 18.0. The van der Waals surface area contributed by atoms with E-state index in [1.165, 1.54) is 36.0 Å². The highest BCUT2D eigenvalue weighted by atomic mass is 35.5. The molecule has 1 amide bonds. The predicted octanol–water partition coefficient (Wildman–Crippen LogP) is 2.60. The third-order valence-corrected chi connectivity index (χ3v) is 4.98. The first-order chi connectivity index (χ1) is 10.3. The Morgan fingerprint density at radius 3 is 2.68 bits per heavy atom. The molecule has 0 bridgehead atoms. The number of hydrogen-bond donors (Lipinski definition) is 1. The Labute approximate surface area is 139 Å². The van der Waals surface area contributed by atoms with Gasteiger partial charge in [0.05, 0.1) is 6.42 Å². The van der Waals surface area contributed by atoms with Crippen molar-refractivity contribution in [1.29, 1.82) is 0 Å². The van der Waals surface area contributed by atoms with E-state index in [1.807, 2.05) is 7.05 Å². The molecule has 0 radical (unpaired) electrons. The van der Waals surface area contributed by atoms with Gasteiger partial charge in [-0.3, -0.25) is 4.79 Å². The summed E-state index contributed by atoms with van der Waals surface area (Å²) in [6.45, 7) is 2.93. The van der Waals surface area contributed by atoms with Gasteiger partial charge >= 0.3 is 0 Å². The van der Waals surface area contributed by atoms with Crippen molar-refractivity contribution in [2.24, 2.45) is 5.92 Å². The Balaban J connectivity index is 0.00000176. The van der Waals surface area contributed by atoms with Crippen LogP contribution < -0.4 is 5.32 Å². The third-order valence-electron chi connectivity index (χ3n) is 4.98. The van der Waals surface area contributed by atoms with Gasteiger partial charge in [0, 0.05) is 13.1 Å². The molecule has 1 aliphatic carbocycles. The molecular formula is C18H27ClN2O. The van der Waals surface area contributed by atoms with Gasteiger partial charge in [0.15, 0.2) is 0 Å². The highest BCUT2D eigenvalue weighted by Gasteiger charge is 2.22. The Hall–Kier alpha value is -1.06. The van der Waals surface area contributed by atoms with E-state index in [1.54, 1.807) is 0 Å². The first kappa shape index (κ1) is 17.3. The average Bonchev–Trinajstić information content (AvgIpc) is 2.96. The standard InChI is InChI=1S/C18H26N2O.ClH/c1-19-13-14-7-9-20(10-8-14)18(21)12-15-5-6-16-3-2-4-17(16)11-15;/h5-6,11,14,19H,2-4,7-10,12-13H2,1H3;1H. The number of nitrogens with one attached hydrogen (secondary N) is 1. The molecule has 1 N–H and O–H groups in total. The fourth-order valence-electron chi connectivity index (χ4n) is 3.70. The molecule has 1 fully saturated rings. The molecule has 0 unspecified atom stereocenters. The van der Waals surface area contributed by atoms with Crippen molar-refractivity contribution in [3.05, 3.63) is 34.9 Å². The topological polar surface area (TPSA) is 32.3 Å². The van der Waals surface area contributed by atoms with Crippen LogP contribution in [0.1, 0.15) is 36.0 Å². The smallest absolute Gasteiger partial charge is 0.226 e. The molecule has 3 nitrogen and oxygen atoms in total. The lowest BCUT2D eigenvalue weighted by molar-refractivity contribution is -0.131. The van der Waals surface area contributed by atoms with Gasteiger partial charge in [-0.15, -0.1) is 12.4 Å². The molecule has 4 heteroatoms. The SMILES string of the molecule is CNCC1CCN(C(=O)Cc2ccc3c(c2)CCC3)CC1.Cl. The fourth-order valence-corrected chi connectivity index (χ4v) is 3.70. The van der Waals surface area contributed by atoms with Crippen LogP contribution in [-0.4, -0.2) is 37.5 Å². The number of benzene rings is 1. The number of amides is 1. The quantitative estimate of drug-likeness (QED) is 0.924. The van der Waals surface area contributed by atoms with Crippen molar-refractivity contribution < 1.29 is 4.79 Å². The second kappa shape index (κ2) is 7.98. The van der Waals surface area contributed by atoms with Crippen LogP contribution >= 0.6 is 12.4 Å². The third kappa shape index (κ3) is 4.02. The van der Waals surface area contributed by atoms with Crippen LogP contribution in [0.4, 0.5) is 0 Å². The number of piperidine rings is 1. The van der Waals surface area contributed by atoms with E-state index in [4.69, 9.17) is 0 Å². The van der Waals surface area contributed by atoms with E-state index in [9.17, 15) is 4.79 Å². The van der Waals surface area contributed by atoms with Gasteiger partial charge in [0.2, 0.25) is 5.91 Å². The van der Waals surface area contributed by atoms with Gasteiger partial charge in [-0.25, -0.2) is 0 Å². The highest BCUT2D eigenvalue weighted by molar-refractivity contribution is 5.85. The number of fused-ring (bicyclic) bond motifs is 1. The summed E-state index contributed by atoms with van der Waals surface area (Å²) in [6.07, 6.45) is 6.51. The molecular weight excluding hydrogens is 296 g/mol. The Kier molecular flexibility index (Phi) is 6.27. The molecule has 0 atom stereocenters. The van der Waals surface area contributed by atoms with Gasteiger partial charge < -0.3 is 10.2 Å². The molecule has 22 heavy (non-hydrogen) atoms. The number of carbonyl (C=O) groups is 1. The summed E-state index contributed by atoms with van der Waals surface area (Å²) in [5.41, 5.74) is 4.14. The van der Waals surface area contributed by atoms with E-state index in [0.717, 1.165) is 38.4 Å². The Morgan fingerprint density at radius 2 is 1.95 bits per heavy atom. The minimum absolute atomic E-state index is 0. The van der Waals surface area contributed by atoms with Crippen LogP contribution in [0.25, 0.3) is 0 Å². The molecule has 1 aliphatic heterocycles. The number of likely N-dealkylation sites (tertiary alicyclic amines) is 1. The lowest BCUT2D eigenvalue weighted by atomic mass is 9.96. The predicted molar refractivity (Wildman–Crippen MR) is 92.6 cm³/mol. The summed E-state index contributed by atoms with van der Waals surface area (Å²) >= 11 is 0. The monoisotopic (exact) mass is 322 g/mol. The van der Waals surface area contributed by atoms with Gasteiger partial charge in [-0.1, -0.05) is 18.2 Å². The largest absolute Gasteiger partial charge is 0.342 e. The van der Waals surface area contributed by atoms with Crippen LogP contribution in [0.3, 0.4) is 0 Å². The fraction of sp³-hybridized carbons (Fsp3) is 0.611. The summed E-state index contributed by atoms with van der Waals surface area (Å²) in [7, 11) is 2.01. The lowest BCUT2D eigenvalue weighted by Crippen LogP contribution is -2.41. The van der Waals surface area contributed by atoms with Crippen LogP contribution in [0.15, 0.2) is 18.2 Å². The zero-order valence-corrected chi connectivity index (χ0v) is 14.3. The first-order valence-electron chi connectivity index (χ1n) is 8.29. The van der Waals surface area contributed by atoms with E-state index in [2.05, 4.69) is 28.4 Å². The summed E-state index contributed by atoms with van der Waals surface area (Å²) in [5.74, 6) is 1.04. The maximum atomic E-state index is 12.4. The van der Waals surface area contributed by atoms with Gasteiger partial charge in [0.1, 0.15) is 0 Å². The van der Waals surface area contributed by atoms with E-state index < -0.39 is 0 Å². The highest BCUT2D eigenvalue weighted by Crippen LogP contribution is 2.23. The molecule has 1 heterocycles. The number of rotatable bonds is 4. The maximum absolute atomic E-state index is 12.4. The zero-order valence-electron chi connectivity index (χ0n) is 13.4. The summed E-state index contributed by atoms with van der Waals surface area (Å²) < 4.78 is 0. The number of hydrogen-bond acceptors (Lipinski definition) is 2. The molecule has 122 valence electrons. The van der Waals surface area contributed by atoms with Crippen molar-refractivity contribution in [1.82, 2.24) is 10.2 Å². The van der Waals surface area contributed by atoms with Crippen molar-refractivity contribution in [3.63, 3.8) is 0 Å². The van der Waals surface area contributed by atoms with Crippen LogP contribution in [0.2, 0.25) is 0 Å². The number of nitrogens with zero attached hydrogens (tertiary/aromatic N) is 1. The average molecular weight is 323 g/mol. The minimum atomic E-state index is 0. The molecule has 2 aliphatic rings.